The number of hydrogen-bond donors (Lipinski definition) is 2. The van der Waals surface area contributed by atoms with E-state index in [1.807, 2.05) is 48.5 Å². The van der Waals surface area contributed by atoms with Gasteiger partial charge in [-0.15, -0.1) is 0 Å². The number of hydrazine groups is 1. The zero-order chi connectivity index (χ0) is 15.1. The van der Waals surface area contributed by atoms with Crippen molar-refractivity contribution in [2.24, 2.45) is 5.84 Å². The largest absolute Gasteiger partial charge is 0.491 e. The summed E-state index contributed by atoms with van der Waals surface area (Å²) in [6.07, 6.45) is 0. The molecule has 0 heterocycles. The minimum atomic E-state index is -0.238. The van der Waals surface area contributed by atoms with Crippen molar-refractivity contribution in [1.82, 2.24) is 5.43 Å². The molecule has 1 unspecified atom stereocenters. The smallest absolute Gasteiger partial charge is 0.124 e. The third-order valence-corrected chi connectivity index (χ3v) is 3.50. The number of methoxy groups -OCH3 is 1. The number of ether oxygens (including phenoxy) is 2. The van der Waals surface area contributed by atoms with Crippen molar-refractivity contribution < 1.29 is 9.47 Å². The number of nitrogens with one attached hydrogen (secondary N) is 1. The zero-order valence-corrected chi connectivity index (χ0v) is 12.6. The molecule has 5 heteroatoms. The average molecular weight is 307 g/mol. The lowest BCUT2D eigenvalue weighted by Gasteiger charge is -2.21. The van der Waals surface area contributed by atoms with Crippen LogP contribution in [0.25, 0.3) is 0 Å². The van der Waals surface area contributed by atoms with E-state index in [0.717, 1.165) is 16.9 Å². The summed E-state index contributed by atoms with van der Waals surface area (Å²) in [5.74, 6) is 6.50. The van der Waals surface area contributed by atoms with Gasteiger partial charge < -0.3 is 9.47 Å². The van der Waals surface area contributed by atoms with Gasteiger partial charge in [-0.1, -0.05) is 48.0 Å². The molecule has 0 amide bonds. The molecule has 2 rings (SSSR count). The van der Waals surface area contributed by atoms with E-state index >= 15 is 0 Å². The van der Waals surface area contributed by atoms with E-state index in [1.165, 1.54) is 0 Å². The van der Waals surface area contributed by atoms with Crippen molar-refractivity contribution >= 4 is 11.6 Å². The molecule has 0 aliphatic heterocycles. The highest BCUT2D eigenvalue weighted by Gasteiger charge is 2.19. The van der Waals surface area contributed by atoms with E-state index in [-0.39, 0.29) is 6.04 Å². The third kappa shape index (κ3) is 3.95. The van der Waals surface area contributed by atoms with E-state index in [9.17, 15) is 0 Å². The summed E-state index contributed by atoms with van der Waals surface area (Å²) in [7, 11) is 1.64. The molecule has 0 saturated heterocycles. The van der Waals surface area contributed by atoms with E-state index in [0.29, 0.717) is 18.2 Å². The summed E-state index contributed by atoms with van der Waals surface area (Å²) in [5, 5.41) is 0.659. The molecular weight excluding hydrogens is 288 g/mol. The first-order chi connectivity index (χ1) is 10.3. The Morgan fingerprint density at radius 1 is 1.05 bits per heavy atom. The molecule has 21 heavy (non-hydrogen) atoms. The number of hydrogen-bond acceptors (Lipinski definition) is 4. The first-order valence-electron chi connectivity index (χ1n) is 6.69. The minimum absolute atomic E-state index is 0.238. The van der Waals surface area contributed by atoms with Gasteiger partial charge in [-0.3, -0.25) is 5.84 Å². The summed E-state index contributed by atoms with van der Waals surface area (Å²) in [5.41, 5.74) is 4.65. The second kappa shape index (κ2) is 8.00. The van der Waals surface area contributed by atoms with Crippen molar-refractivity contribution in [3.63, 3.8) is 0 Å². The highest BCUT2D eigenvalue weighted by molar-refractivity contribution is 6.31. The van der Waals surface area contributed by atoms with Crippen molar-refractivity contribution in [1.29, 1.82) is 0 Å². The summed E-state index contributed by atoms with van der Waals surface area (Å²) < 4.78 is 10.8. The fraction of sp³-hybridized carbons (Fsp3) is 0.250. The predicted molar refractivity (Wildman–Crippen MR) is 84.4 cm³/mol. The Kier molecular flexibility index (Phi) is 6.02. The molecule has 0 saturated carbocycles. The van der Waals surface area contributed by atoms with Gasteiger partial charge in [-0.05, 0) is 17.7 Å². The summed E-state index contributed by atoms with van der Waals surface area (Å²) in [6, 6.07) is 15.1. The molecule has 2 aromatic carbocycles. The summed E-state index contributed by atoms with van der Waals surface area (Å²) >= 11 is 6.27. The lowest BCUT2D eigenvalue weighted by Crippen LogP contribution is -2.29. The van der Waals surface area contributed by atoms with Crippen LogP contribution in [-0.2, 0) is 4.74 Å². The van der Waals surface area contributed by atoms with E-state index in [2.05, 4.69) is 5.43 Å². The highest BCUT2D eigenvalue weighted by Crippen LogP contribution is 2.32. The van der Waals surface area contributed by atoms with Crippen LogP contribution in [0.3, 0.4) is 0 Å². The highest BCUT2D eigenvalue weighted by atomic mass is 35.5. The first-order valence-corrected chi connectivity index (χ1v) is 7.07. The van der Waals surface area contributed by atoms with E-state index in [1.54, 1.807) is 7.11 Å². The number of para-hydroxylation sites is 1. The van der Waals surface area contributed by atoms with E-state index < -0.39 is 0 Å². The molecule has 4 nitrogen and oxygen atoms in total. The second-order valence-electron chi connectivity index (χ2n) is 4.50. The fourth-order valence-electron chi connectivity index (χ4n) is 2.14. The number of rotatable bonds is 7. The Hall–Kier alpha value is -1.59. The molecule has 2 aromatic rings. The topological polar surface area (TPSA) is 56.5 Å². The standard InChI is InChI=1S/C16H19ClN2O2/c1-20-10-11-21-15-9-5-3-7-13(15)16(19-18)12-6-2-4-8-14(12)17/h2-9,16,19H,10-11,18H2,1H3. The Balaban J connectivity index is 2.32. The molecule has 0 aliphatic carbocycles. The second-order valence-corrected chi connectivity index (χ2v) is 4.91. The molecule has 1 atom stereocenters. The minimum Gasteiger partial charge on any atom is -0.491 e. The first kappa shape index (κ1) is 15.8. The van der Waals surface area contributed by atoms with Gasteiger partial charge in [0.25, 0.3) is 0 Å². The van der Waals surface area contributed by atoms with Gasteiger partial charge in [0.15, 0.2) is 0 Å². The van der Waals surface area contributed by atoms with Gasteiger partial charge in [0.2, 0.25) is 0 Å². The SMILES string of the molecule is COCCOc1ccccc1C(NN)c1ccccc1Cl. The van der Waals surface area contributed by atoms with Gasteiger partial charge in [-0.25, -0.2) is 5.43 Å². The Morgan fingerprint density at radius 2 is 1.71 bits per heavy atom. The monoisotopic (exact) mass is 306 g/mol. The average Bonchev–Trinajstić information content (AvgIpc) is 2.51. The van der Waals surface area contributed by atoms with Crippen LogP contribution in [0.15, 0.2) is 48.5 Å². The van der Waals surface area contributed by atoms with Crippen LogP contribution in [0, 0.1) is 0 Å². The number of benzene rings is 2. The lowest BCUT2D eigenvalue weighted by molar-refractivity contribution is 0.145. The zero-order valence-electron chi connectivity index (χ0n) is 11.9. The van der Waals surface area contributed by atoms with Crippen LogP contribution in [-0.4, -0.2) is 20.3 Å². The Bertz CT molecular complexity index is 578. The molecule has 0 bridgehead atoms. The Labute approximate surface area is 129 Å². The molecule has 112 valence electrons. The van der Waals surface area contributed by atoms with Crippen LogP contribution in [0.4, 0.5) is 0 Å². The van der Waals surface area contributed by atoms with Crippen LogP contribution >= 0.6 is 11.6 Å². The normalized spacial score (nSPS) is 12.1. The van der Waals surface area contributed by atoms with Crippen LogP contribution in [0.2, 0.25) is 5.02 Å². The lowest BCUT2D eigenvalue weighted by atomic mass is 9.98. The van der Waals surface area contributed by atoms with Gasteiger partial charge in [0, 0.05) is 17.7 Å². The van der Waals surface area contributed by atoms with Crippen molar-refractivity contribution in [2.45, 2.75) is 6.04 Å². The Morgan fingerprint density at radius 3 is 2.38 bits per heavy atom. The quantitative estimate of drug-likeness (QED) is 0.469. The van der Waals surface area contributed by atoms with Crippen LogP contribution in [0.5, 0.6) is 5.75 Å². The number of halogens is 1. The van der Waals surface area contributed by atoms with Crippen LogP contribution in [0.1, 0.15) is 17.2 Å². The molecule has 0 aliphatic rings. The van der Waals surface area contributed by atoms with Gasteiger partial charge in [-0.2, -0.15) is 0 Å². The number of nitrogens with two attached hydrogens (primary N) is 1. The van der Waals surface area contributed by atoms with Gasteiger partial charge in [0.05, 0.1) is 12.6 Å². The van der Waals surface area contributed by atoms with Crippen molar-refractivity contribution in [3.05, 3.63) is 64.7 Å². The van der Waals surface area contributed by atoms with Crippen LogP contribution < -0.4 is 16.0 Å². The fourth-order valence-corrected chi connectivity index (χ4v) is 2.39. The molecule has 0 spiro atoms. The summed E-state index contributed by atoms with van der Waals surface area (Å²) in [4.78, 5) is 0. The predicted octanol–water partition coefficient (Wildman–Crippen LogP) is 2.92. The van der Waals surface area contributed by atoms with Crippen molar-refractivity contribution in [3.8, 4) is 5.75 Å². The maximum absolute atomic E-state index is 6.27. The molecule has 0 radical (unpaired) electrons. The maximum atomic E-state index is 6.27. The van der Waals surface area contributed by atoms with Gasteiger partial charge >= 0.3 is 0 Å². The maximum Gasteiger partial charge on any atom is 0.124 e. The molecule has 0 fully saturated rings. The summed E-state index contributed by atoms with van der Waals surface area (Å²) in [6.45, 7) is 1.01. The molecule has 0 aromatic heterocycles. The molecule has 3 N–H and O–H groups in total. The van der Waals surface area contributed by atoms with E-state index in [4.69, 9.17) is 26.9 Å². The van der Waals surface area contributed by atoms with Crippen molar-refractivity contribution in [2.75, 3.05) is 20.3 Å². The molecular formula is C16H19ClN2O2. The third-order valence-electron chi connectivity index (χ3n) is 3.16. The van der Waals surface area contributed by atoms with Gasteiger partial charge in [0.1, 0.15) is 12.4 Å².